The van der Waals surface area contributed by atoms with Gasteiger partial charge in [-0.3, -0.25) is 4.79 Å². The van der Waals surface area contributed by atoms with Crippen LogP contribution in [0.15, 0.2) is 24.3 Å². The lowest BCUT2D eigenvalue weighted by molar-refractivity contribution is -0.119. The summed E-state index contributed by atoms with van der Waals surface area (Å²) >= 11 is 7.73. The summed E-state index contributed by atoms with van der Waals surface area (Å²) < 4.78 is 0. The molecule has 2 N–H and O–H groups in total. The van der Waals surface area contributed by atoms with Gasteiger partial charge in [-0.05, 0) is 50.6 Å². The van der Waals surface area contributed by atoms with E-state index in [1.807, 2.05) is 31.2 Å². The van der Waals surface area contributed by atoms with Crippen molar-refractivity contribution < 1.29 is 4.79 Å². The first-order valence-electron chi connectivity index (χ1n) is 7.02. The maximum absolute atomic E-state index is 12.0. The lowest BCUT2D eigenvalue weighted by atomic mass is 10.1. The molecule has 0 aromatic heterocycles. The lowest BCUT2D eigenvalue weighted by Crippen LogP contribution is -2.32. The van der Waals surface area contributed by atoms with Crippen molar-refractivity contribution in [3.8, 4) is 0 Å². The fourth-order valence-electron chi connectivity index (χ4n) is 2.30. The maximum Gasteiger partial charge on any atom is 0.230 e. The van der Waals surface area contributed by atoms with Crippen LogP contribution in [0.2, 0.25) is 5.02 Å². The van der Waals surface area contributed by atoms with Gasteiger partial charge in [-0.2, -0.15) is 0 Å². The van der Waals surface area contributed by atoms with Crippen LogP contribution in [0.1, 0.15) is 31.4 Å². The highest BCUT2D eigenvalue weighted by Crippen LogP contribution is 2.21. The Morgan fingerprint density at radius 1 is 1.50 bits per heavy atom. The molecule has 0 radical (unpaired) electrons. The molecule has 1 amide bonds. The molecule has 1 saturated heterocycles. The second kappa shape index (κ2) is 7.91. The Morgan fingerprint density at radius 3 is 2.95 bits per heavy atom. The molecule has 1 aliphatic rings. The zero-order valence-electron chi connectivity index (χ0n) is 11.7. The minimum Gasteiger partial charge on any atom is -0.349 e. The first-order chi connectivity index (χ1) is 9.65. The van der Waals surface area contributed by atoms with Crippen molar-refractivity contribution in [1.29, 1.82) is 0 Å². The van der Waals surface area contributed by atoms with Crippen LogP contribution in [0.25, 0.3) is 0 Å². The molecule has 5 heteroatoms. The van der Waals surface area contributed by atoms with Crippen molar-refractivity contribution in [2.24, 2.45) is 0 Å². The Kier molecular flexibility index (Phi) is 6.20. The molecule has 110 valence electrons. The number of benzene rings is 1. The van der Waals surface area contributed by atoms with Crippen LogP contribution in [0.4, 0.5) is 0 Å². The lowest BCUT2D eigenvalue weighted by Gasteiger charge is -2.22. The summed E-state index contributed by atoms with van der Waals surface area (Å²) in [6.45, 7) is 4.12. The van der Waals surface area contributed by atoms with Crippen LogP contribution in [0.5, 0.6) is 0 Å². The van der Waals surface area contributed by atoms with Crippen LogP contribution in [0, 0.1) is 0 Å². The van der Waals surface area contributed by atoms with Crippen molar-refractivity contribution in [2.45, 2.75) is 31.1 Å². The minimum atomic E-state index is -0.00479. The van der Waals surface area contributed by atoms with Crippen molar-refractivity contribution in [3.63, 3.8) is 0 Å². The third-order valence-electron chi connectivity index (χ3n) is 3.46. The molecule has 1 heterocycles. The minimum absolute atomic E-state index is 0.00479. The summed E-state index contributed by atoms with van der Waals surface area (Å²) in [5.74, 6) is 0.635. The van der Waals surface area contributed by atoms with Crippen molar-refractivity contribution >= 4 is 29.3 Å². The number of hydrogen-bond donors (Lipinski definition) is 2. The zero-order valence-corrected chi connectivity index (χ0v) is 13.3. The van der Waals surface area contributed by atoms with Gasteiger partial charge in [-0.25, -0.2) is 0 Å². The number of nitrogens with one attached hydrogen (secondary N) is 2. The molecular weight excluding hydrogens is 292 g/mol. The standard InChI is InChI=1S/C15H21ClN2OS/c1-11(12-3-2-4-13(16)9-12)18-15(19)10-20-14-5-7-17-8-6-14/h2-4,9,11,14,17H,5-8,10H2,1H3,(H,18,19). The molecule has 20 heavy (non-hydrogen) atoms. The van der Waals surface area contributed by atoms with Gasteiger partial charge in [0.25, 0.3) is 0 Å². The molecule has 1 aromatic rings. The highest BCUT2D eigenvalue weighted by atomic mass is 35.5. The summed E-state index contributed by atoms with van der Waals surface area (Å²) in [7, 11) is 0. The van der Waals surface area contributed by atoms with Gasteiger partial charge in [0.05, 0.1) is 11.8 Å². The SMILES string of the molecule is CC(NC(=O)CSC1CCNCC1)c1cccc(Cl)c1. The molecule has 0 saturated carbocycles. The van der Waals surface area contributed by atoms with Crippen LogP contribution >= 0.6 is 23.4 Å². The number of halogens is 1. The van der Waals surface area contributed by atoms with E-state index in [-0.39, 0.29) is 11.9 Å². The summed E-state index contributed by atoms with van der Waals surface area (Å²) in [4.78, 5) is 12.0. The fraction of sp³-hybridized carbons (Fsp3) is 0.533. The van der Waals surface area contributed by atoms with E-state index in [1.165, 1.54) is 0 Å². The number of piperidine rings is 1. The third-order valence-corrected chi connectivity index (χ3v) is 5.07. The quantitative estimate of drug-likeness (QED) is 0.878. The van der Waals surface area contributed by atoms with Gasteiger partial charge in [-0.15, -0.1) is 11.8 Å². The second-order valence-corrected chi connectivity index (χ2v) is 6.83. The van der Waals surface area contributed by atoms with Crippen LogP contribution in [-0.2, 0) is 4.79 Å². The summed E-state index contributed by atoms with van der Waals surface area (Å²) in [5, 5.41) is 7.68. The molecule has 0 bridgehead atoms. The maximum atomic E-state index is 12.0. The monoisotopic (exact) mass is 312 g/mol. The average Bonchev–Trinajstić information content (AvgIpc) is 2.46. The van der Waals surface area contributed by atoms with Gasteiger partial charge in [0.2, 0.25) is 5.91 Å². The Bertz CT molecular complexity index is 449. The highest BCUT2D eigenvalue weighted by molar-refractivity contribution is 8.00. The van der Waals surface area contributed by atoms with Crippen molar-refractivity contribution in [2.75, 3.05) is 18.8 Å². The Hall–Kier alpha value is -0.710. The number of rotatable bonds is 5. The summed E-state index contributed by atoms with van der Waals surface area (Å²) in [6.07, 6.45) is 2.31. The van der Waals surface area contributed by atoms with Crippen LogP contribution in [0.3, 0.4) is 0 Å². The van der Waals surface area contributed by atoms with E-state index in [0.29, 0.717) is 16.0 Å². The molecule has 1 aromatic carbocycles. The molecule has 1 fully saturated rings. The first kappa shape index (κ1) is 15.7. The average molecular weight is 313 g/mol. The molecule has 3 nitrogen and oxygen atoms in total. The molecule has 0 spiro atoms. The van der Waals surface area contributed by atoms with E-state index < -0.39 is 0 Å². The molecule has 1 atom stereocenters. The van der Waals surface area contributed by atoms with Gasteiger partial charge < -0.3 is 10.6 Å². The van der Waals surface area contributed by atoms with Gasteiger partial charge in [0.15, 0.2) is 0 Å². The van der Waals surface area contributed by atoms with E-state index in [2.05, 4.69) is 10.6 Å². The van der Waals surface area contributed by atoms with E-state index in [1.54, 1.807) is 11.8 Å². The van der Waals surface area contributed by atoms with E-state index in [4.69, 9.17) is 11.6 Å². The number of hydrogen-bond acceptors (Lipinski definition) is 3. The predicted octanol–water partition coefficient (Wildman–Crippen LogP) is 3.00. The first-order valence-corrected chi connectivity index (χ1v) is 8.45. The zero-order chi connectivity index (χ0) is 14.4. The number of carbonyl (C=O) groups excluding carboxylic acids is 1. The number of thioether (sulfide) groups is 1. The smallest absolute Gasteiger partial charge is 0.230 e. The van der Waals surface area contributed by atoms with Gasteiger partial charge >= 0.3 is 0 Å². The van der Waals surface area contributed by atoms with Crippen molar-refractivity contribution in [3.05, 3.63) is 34.9 Å². The molecule has 1 unspecified atom stereocenters. The van der Waals surface area contributed by atoms with E-state index in [0.717, 1.165) is 31.5 Å². The Labute approximate surface area is 129 Å². The van der Waals surface area contributed by atoms with E-state index >= 15 is 0 Å². The summed E-state index contributed by atoms with van der Waals surface area (Å²) in [5.41, 5.74) is 1.04. The molecule has 1 aliphatic heterocycles. The third kappa shape index (κ3) is 5.00. The topological polar surface area (TPSA) is 41.1 Å². The molecular formula is C15H21ClN2OS. The highest BCUT2D eigenvalue weighted by Gasteiger charge is 2.16. The normalized spacial score (nSPS) is 17.7. The fourth-order valence-corrected chi connectivity index (χ4v) is 3.54. The summed E-state index contributed by atoms with van der Waals surface area (Å²) in [6, 6.07) is 7.62. The Morgan fingerprint density at radius 2 is 2.25 bits per heavy atom. The van der Waals surface area contributed by atoms with E-state index in [9.17, 15) is 4.79 Å². The second-order valence-electron chi connectivity index (χ2n) is 5.10. The largest absolute Gasteiger partial charge is 0.349 e. The molecule has 0 aliphatic carbocycles. The van der Waals surface area contributed by atoms with Crippen molar-refractivity contribution in [1.82, 2.24) is 10.6 Å². The number of carbonyl (C=O) groups is 1. The van der Waals surface area contributed by atoms with Gasteiger partial charge in [-0.1, -0.05) is 23.7 Å². The molecule has 2 rings (SSSR count). The Balaban J connectivity index is 1.76. The predicted molar refractivity (Wildman–Crippen MR) is 86.4 cm³/mol. The van der Waals surface area contributed by atoms with Gasteiger partial charge in [0.1, 0.15) is 0 Å². The van der Waals surface area contributed by atoms with Crippen LogP contribution in [-0.4, -0.2) is 30.0 Å². The van der Waals surface area contributed by atoms with Gasteiger partial charge in [0, 0.05) is 10.3 Å². The van der Waals surface area contributed by atoms with Crippen LogP contribution < -0.4 is 10.6 Å². The number of amides is 1.